The molecule has 1 heterocycles. The molecule has 0 aliphatic heterocycles. The van der Waals surface area contributed by atoms with Crippen molar-refractivity contribution in [2.24, 2.45) is 0 Å². The molecule has 4 aromatic rings. The molecule has 0 amide bonds. The van der Waals surface area contributed by atoms with E-state index >= 15 is 0 Å². The highest BCUT2D eigenvalue weighted by Crippen LogP contribution is 2.30. The summed E-state index contributed by atoms with van der Waals surface area (Å²) in [5, 5.41) is 17.4. The number of nitrogens with zero attached hydrogens (tertiary/aromatic N) is 3. The number of hydrogen-bond donors (Lipinski definition) is 1. The van der Waals surface area contributed by atoms with Crippen molar-refractivity contribution >= 4 is 28.6 Å². The Morgan fingerprint density at radius 1 is 1.12 bits per heavy atom. The Labute approximate surface area is 199 Å². The summed E-state index contributed by atoms with van der Waals surface area (Å²) in [5.74, 6) is -1.26. The van der Waals surface area contributed by atoms with E-state index in [0.717, 1.165) is 16.0 Å². The minimum Gasteiger partial charge on any atom is -0.494 e. The van der Waals surface area contributed by atoms with Crippen molar-refractivity contribution in [2.75, 3.05) is 7.11 Å². The first-order valence-corrected chi connectivity index (χ1v) is 11.4. The standard InChI is InChI=1S/C25H22FN3O4S/c1-15-3-9-19-21(13-15)27-28-29(24(19)30)12-11-23(25(31)32)34-18-7-4-16(5-8-18)17-6-10-22(33-2)20(26)14-17/h3-10,13-14,23H,11-12H2,1-2H3,(H,31,32). The zero-order valence-electron chi connectivity index (χ0n) is 18.6. The molecule has 0 aliphatic rings. The predicted molar refractivity (Wildman–Crippen MR) is 129 cm³/mol. The second-order valence-electron chi connectivity index (χ2n) is 7.75. The molecule has 4 rings (SSSR count). The van der Waals surface area contributed by atoms with E-state index < -0.39 is 17.0 Å². The van der Waals surface area contributed by atoms with Crippen LogP contribution in [-0.2, 0) is 11.3 Å². The normalized spacial score (nSPS) is 12.0. The highest BCUT2D eigenvalue weighted by molar-refractivity contribution is 8.00. The fraction of sp³-hybridized carbons (Fsp3) is 0.200. The van der Waals surface area contributed by atoms with Gasteiger partial charge in [0.1, 0.15) is 10.8 Å². The first-order valence-electron chi connectivity index (χ1n) is 10.5. The maximum absolute atomic E-state index is 14.0. The van der Waals surface area contributed by atoms with Crippen molar-refractivity contribution in [3.05, 3.63) is 82.4 Å². The molecule has 0 radical (unpaired) electrons. The largest absolute Gasteiger partial charge is 0.494 e. The van der Waals surface area contributed by atoms with Crippen LogP contribution in [0.1, 0.15) is 12.0 Å². The second-order valence-corrected chi connectivity index (χ2v) is 9.02. The number of benzene rings is 3. The smallest absolute Gasteiger partial charge is 0.317 e. The van der Waals surface area contributed by atoms with Crippen molar-refractivity contribution in [3.63, 3.8) is 0 Å². The van der Waals surface area contributed by atoms with Crippen LogP contribution in [0.25, 0.3) is 22.0 Å². The highest BCUT2D eigenvalue weighted by atomic mass is 32.2. The number of halogens is 1. The molecule has 34 heavy (non-hydrogen) atoms. The van der Waals surface area contributed by atoms with Crippen molar-refractivity contribution in [1.82, 2.24) is 15.0 Å². The summed E-state index contributed by atoms with van der Waals surface area (Å²) in [6.07, 6.45) is 0.192. The Bertz CT molecular complexity index is 1410. The quantitative estimate of drug-likeness (QED) is 0.371. The minimum absolute atomic E-state index is 0.128. The lowest BCUT2D eigenvalue weighted by molar-refractivity contribution is -0.136. The van der Waals surface area contributed by atoms with E-state index in [2.05, 4.69) is 10.3 Å². The summed E-state index contributed by atoms with van der Waals surface area (Å²) < 4.78 is 20.2. The zero-order chi connectivity index (χ0) is 24.2. The lowest BCUT2D eigenvalue weighted by Gasteiger charge is -2.13. The van der Waals surface area contributed by atoms with Crippen LogP contribution < -0.4 is 10.3 Å². The fourth-order valence-corrected chi connectivity index (χ4v) is 4.49. The summed E-state index contributed by atoms with van der Waals surface area (Å²) >= 11 is 1.18. The molecule has 3 aromatic carbocycles. The van der Waals surface area contributed by atoms with E-state index in [9.17, 15) is 19.1 Å². The maximum atomic E-state index is 14.0. The van der Waals surface area contributed by atoms with E-state index in [4.69, 9.17) is 4.74 Å². The molecule has 1 atom stereocenters. The molecule has 7 nitrogen and oxygen atoms in total. The second kappa shape index (κ2) is 10.0. The molecular weight excluding hydrogens is 457 g/mol. The van der Waals surface area contributed by atoms with Crippen LogP contribution in [0.2, 0.25) is 0 Å². The van der Waals surface area contributed by atoms with Crippen molar-refractivity contribution < 1.29 is 19.0 Å². The van der Waals surface area contributed by atoms with Crippen LogP contribution >= 0.6 is 11.8 Å². The van der Waals surface area contributed by atoms with Gasteiger partial charge in [-0.2, -0.15) is 0 Å². The summed E-state index contributed by atoms with van der Waals surface area (Å²) in [4.78, 5) is 25.3. The van der Waals surface area contributed by atoms with E-state index in [1.54, 1.807) is 36.4 Å². The topological polar surface area (TPSA) is 94.3 Å². The molecule has 0 fully saturated rings. The molecule has 0 bridgehead atoms. The Kier molecular flexibility index (Phi) is 6.93. The third-order valence-electron chi connectivity index (χ3n) is 5.37. The predicted octanol–water partition coefficient (Wildman–Crippen LogP) is 4.55. The number of aliphatic carboxylic acids is 1. The number of carboxylic acid groups (broad SMARTS) is 1. The van der Waals surface area contributed by atoms with Crippen LogP contribution in [-0.4, -0.2) is 38.4 Å². The van der Waals surface area contributed by atoms with Crippen molar-refractivity contribution in [3.8, 4) is 16.9 Å². The Hall–Kier alpha value is -3.72. The number of ether oxygens (including phenoxy) is 1. The number of aryl methyl sites for hydroxylation is 2. The molecule has 9 heteroatoms. The Balaban J connectivity index is 1.46. The molecule has 174 valence electrons. The molecule has 0 aliphatic carbocycles. The van der Waals surface area contributed by atoms with Crippen LogP contribution in [0.5, 0.6) is 5.75 Å². The third kappa shape index (κ3) is 5.09. The Morgan fingerprint density at radius 2 is 1.85 bits per heavy atom. The van der Waals surface area contributed by atoms with Gasteiger partial charge in [-0.25, -0.2) is 9.07 Å². The number of carbonyl (C=O) groups is 1. The molecule has 1 N–H and O–H groups in total. The van der Waals surface area contributed by atoms with Gasteiger partial charge in [-0.15, -0.1) is 16.9 Å². The van der Waals surface area contributed by atoms with Gasteiger partial charge in [0.05, 0.1) is 12.5 Å². The van der Waals surface area contributed by atoms with Gasteiger partial charge in [0.15, 0.2) is 11.6 Å². The fourth-order valence-electron chi connectivity index (χ4n) is 3.54. The molecule has 1 unspecified atom stereocenters. The maximum Gasteiger partial charge on any atom is 0.317 e. The molecule has 1 aromatic heterocycles. The number of carboxylic acids is 1. The van der Waals surface area contributed by atoms with E-state index in [-0.39, 0.29) is 24.3 Å². The minimum atomic E-state index is -0.983. The highest BCUT2D eigenvalue weighted by Gasteiger charge is 2.20. The SMILES string of the molecule is COc1ccc(-c2ccc(SC(CCn3nnc4cc(C)ccc4c3=O)C(=O)O)cc2)cc1F. The van der Waals surface area contributed by atoms with E-state index in [1.807, 2.05) is 25.1 Å². The lowest BCUT2D eigenvalue weighted by atomic mass is 10.1. The zero-order valence-corrected chi connectivity index (χ0v) is 19.4. The average molecular weight is 480 g/mol. The molecular formula is C25H22FN3O4S. The van der Waals surface area contributed by atoms with Crippen LogP contribution in [0.15, 0.2) is 70.4 Å². The van der Waals surface area contributed by atoms with E-state index in [1.165, 1.54) is 29.6 Å². The van der Waals surface area contributed by atoms with Crippen LogP contribution in [0.4, 0.5) is 4.39 Å². The van der Waals surface area contributed by atoms with Crippen molar-refractivity contribution in [2.45, 2.75) is 30.0 Å². The van der Waals surface area contributed by atoms with E-state index in [0.29, 0.717) is 16.5 Å². The van der Waals surface area contributed by atoms with Gasteiger partial charge in [0.25, 0.3) is 5.56 Å². The van der Waals surface area contributed by atoms with Crippen LogP contribution in [0, 0.1) is 12.7 Å². The van der Waals surface area contributed by atoms with Crippen LogP contribution in [0.3, 0.4) is 0 Å². The first kappa shape index (κ1) is 23.4. The van der Waals surface area contributed by atoms with Gasteiger partial charge in [-0.05, 0) is 66.4 Å². The van der Waals surface area contributed by atoms with Gasteiger partial charge in [-0.1, -0.05) is 29.5 Å². The van der Waals surface area contributed by atoms with Gasteiger partial charge in [0, 0.05) is 11.4 Å². The number of rotatable bonds is 8. The molecule has 0 spiro atoms. The summed E-state index contributed by atoms with van der Waals surface area (Å²) in [6, 6.07) is 17.2. The summed E-state index contributed by atoms with van der Waals surface area (Å²) in [7, 11) is 1.41. The van der Waals surface area contributed by atoms with Gasteiger partial charge < -0.3 is 9.84 Å². The summed E-state index contributed by atoms with van der Waals surface area (Å²) in [6.45, 7) is 2.03. The lowest BCUT2D eigenvalue weighted by Crippen LogP contribution is -2.27. The average Bonchev–Trinajstić information content (AvgIpc) is 2.83. The Morgan fingerprint density at radius 3 is 2.53 bits per heavy atom. The van der Waals surface area contributed by atoms with Gasteiger partial charge >= 0.3 is 5.97 Å². The first-order chi connectivity index (χ1) is 16.4. The number of aromatic nitrogens is 3. The van der Waals surface area contributed by atoms with Gasteiger partial charge in [0.2, 0.25) is 0 Å². The molecule has 0 saturated carbocycles. The number of methoxy groups -OCH3 is 1. The monoisotopic (exact) mass is 479 g/mol. The summed E-state index contributed by atoms with van der Waals surface area (Å²) in [5.41, 5.74) is 2.68. The number of hydrogen-bond acceptors (Lipinski definition) is 6. The van der Waals surface area contributed by atoms with Crippen molar-refractivity contribution in [1.29, 1.82) is 0 Å². The number of thioether (sulfide) groups is 1. The third-order valence-corrected chi connectivity index (χ3v) is 6.64. The molecule has 0 saturated heterocycles. The number of fused-ring (bicyclic) bond motifs is 1. The van der Waals surface area contributed by atoms with Gasteiger partial charge in [-0.3, -0.25) is 9.59 Å².